The van der Waals surface area contributed by atoms with Crippen LogP contribution in [0.3, 0.4) is 0 Å². The normalized spacial score (nSPS) is 17.5. The number of amides is 1. The summed E-state index contributed by atoms with van der Waals surface area (Å²) < 4.78 is 11.0. The molecule has 0 saturated carbocycles. The molecule has 1 fully saturated rings. The summed E-state index contributed by atoms with van der Waals surface area (Å²) in [5, 5.41) is 23.7. The first-order chi connectivity index (χ1) is 16.5. The van der Waals surface area contributed by atoms with Gasteiger partial charge < -0.3 is 29.5 Å². The highest BCUT2D eigenvalue weighted by Gasteiger charge is 2.44. The number of carbonyl (C=O) groups excluding carboxylic acids is 2. The van der Waals surface area contributed by atoms with Gasteiger partial charge in [0, 0.05) is 5.57 Å². The van der Waals surface area contributed by atoms with E-state index in [1.807, 2.05) is 21.0 Å². The third-order valence-corrected chi connectivity index (χ3v) is 5.91. The van der Waals surface area contributed by atoms with Crippen molar-refractivity contribution >= 4 is 17.4 Å². The number of carbonyl (C=O) groups is 2. The number of phenolic OH excluding ortho intramolecular Hbond substituents is 1. The Morgan fingerprint density at radius 3 is 2.46 bits per heavy atom. The number of ether oxygens (including phenoxy) is 2. The molecule has 0 radical (unpaired) electrons. The minimum Gasteiger partial charge on any atom is -0.872 e. The van der Waals surface area contributed by atoms with Crippen LogP contribution in [0.25, 0.3) is 5.76 Å². The van der Waals surface area contributed by atoms with Crippen LogP contribution in [-0.2, 0) is 9.59 Å². The van der Waals surface area contributed by atoms with Crippen molar-refractivity contribution < 1.29 is 34.2 Å². The molecule has 1 atom stereocenters. The van der Waals surface area contributed by atoms with Gasteiger partial charge in [-0.3, -0.25) is 9.59 Å². The van der Waals surface area contributed by atoms with Gasteiger partial charge in [-0.2, -0.15) is 0 Å². The topological polar surface area (TPSA) is 104 Å². The van der Waals surface area contributed by atoms with E-state index >= 15 is 0 Å². The predicted molar refractivity (Wildman–Crippen MR) is 130 cm³/mol. The molecule has 0 aromatic heterocycles. The molecule has 1 amide bonds. The number of likely N-dealkylation sites (tertiary alicyclic amines) is 1. The summed E-state index contributed by atoms with van der Waals surface area (Å²) in [4.78, 5) is 28.7. The summed E-state index contributed by atoms with van der Waals surface area (Å²) in [6.45, 7) is 7.37. The van der Waals surface area contributed by atoms with Crippen LogP contribution in [0.4, 0.5) is 0 Å². The largest absolute Gasteiger partial charge is 0.872 e. The van der Waals surface area contributed by atoms with Crippen LogP contribution in [0.2, 0.25) is 0 Å². The molecule has 0 bridgehead atoms. The highest BCUT2D eigenvalue weighted by molar-refractivity contribution is 6.46. The van der Waals surface area contributed by atoms with Crippen molar-refractivity contribution in [2.75, 3.05) is 40.9 Å². The summed E-state index contributed by atoms with van der Waals surface area (Å²) in [6.07, 6.45) is 0. The molecule has 188 valence electrons. The molecule has 1 aliphatic heterocycles. The van der Waals surface area contributed by atoms with Crippen LogP contribution in [0.5, 0.6) is 17.2 Å². The van der Waals surface area contributed by atoms with E-state index in [1.165, 1.54) is 18.1 Å². The fourth-order valence-corrected chi connectivity index (χ4v) is 4.02. The molecule has 1 aliphatic rings. The van der Waals surface area contributed by atoms with Crippen molar-refractivity contribution in [3.05, 3.63) is 58.7 Å². The lowest BCUT2D eigenvalue weighted by Crippen LogP contribution is -3.06. The lowest BCUT2D eigenvalue weighted by Gasteiger charge is -2.28. The summed E-state index contributed by atoms with van der Waals surface area (Å²) >= 11 is 0. The molecule has 2 aromatic carbocycles. The average Bonchev–Trinajstić information content (AvgIpc) is 3.06. The Hall–Kier alpha value is -3.52. The molecule has 0 spiro atoms. The Morgan fingerprint density at radius 2 is 1.86 bits per heavy atom. The summed E-state index contributed by atoms with van der Waals surface area (Å²) in [7, 11) is 5.31. The van der Waals surface area contributed by atoms with Crippen molar-refractivity contribution in [1.82, 2.24) is 4.90 Å². The number of methoxy groups -OCH3 is 1. The van der Waals surface area contributed by atoms with E-state index in [0.29, 0.717) is 42.5 Å². The first kappa shape index (κ1) is 26.1. The second kappa shape index (κ2) is 10.8. The minimum atomic E-state index is -0.881. The highest BCUT2D eigenvalue weighted by atomic mass is 16.5. The van der Waals surface area contributed by atoms with E-state index in [9.17, 15) is 19.8 Å². The smallest absolute Gasteiger partial charge is 0.295 e. The number of rotatable bonds is 9. The van der Waals surface area contributed by atoms with Gasteiger partial charge in [0.1, 0.15) is 5.75 Å². The summed E-state index contributed by atoms with van der Waals surface area (Å²) in [6, 6.07) is 8.74. The maximum absolute atomic E-state index is 13.7. The van der Waals surface area contributed by atoms with Crippen LogP contribution >= 0.6 is 0 Å². The lowest BCUT2D eigenvalue weighted by atomic mass is 9.94. The summed E-state index contributed by atoms with van der Waals surface area (Å²) in [5.41, 5.74) is 1.49. The minimum absolute atomic E-state index is 0.0725. The van der Waals surface area contributed by atoms with E-state index in [-0.39, 0.29) is 17.1 Å². The number of aryl methyl sites for hydroxylation is 1. The number of ketones is 1. The van der Waals surface area contributed by atoms with Gasteiger partial charge in [-0.1, -0.05) is 31.7 Å². The second-order valence-electron chi connectivity index (χ2n) is 9.55. The van der Waals surface area contributed by atoms with Crippen molar-refractivity contribution in [2.45, 2.75) is 26.8 Å². The molecule has 1 unspecified atom stereocenters. The Kier molecular flexibility index (Phi) is 8.07. The second-order valence-corrected chi connectivity index (χ2v) is 9.55. The van der Waals surface area contributed by atoms with Gasteiger partial charge in [-0.15, -0.1) is 0 Å². The van der Waals surface area contributed by atoms with Crippen LogP contribution in [0.1, 0.15) is 36.6 Å². The average molecular weight is 483 g/mol. The highest BCUT2D eigenvalue weighted by Crippen LogP contribution is 2.41. The third-order valence-electron chi connectivity index (χ3n) is 5.91. The Labute approximate surface area is 206 Å². The number of likely N-dealkylation sites (N-methyl/N-ethyl adjacent to an activating group) is 1. The van der Waals surface area contributed by atoms with Crippen LogP contribution in [0.15, 0.2) is 42.0 Å². The third kappa shape index (κ3) is 5.59. The molecular weight excluding hydrogens is 448 g/mol. The maximum Gasteiger partial charge on any atom is 0.295 e. The van der Waals surface area contributed by atoms with Crippen molar-refractivity contribution in [1.29, 1.82) is 0 Å². The SMILES string of the molecule is COc1cc(C2C(=C([O-])c3ccc(OCC(C)C)c(C)c3)C(=O)C(=O)N2CC[NH+](C)C)ccc1O. The van der Waals surface area contributed by atoms with E-state index in [0.717, 1.165) is 10.5 Å². The number of nitrogens with one attached hydrogen (secondary N) is 1. The van der Waals surface area contributed by atoms with Crippen molar-refractivity contribution in [3.63, 3.8) is 0 Å². The molecule has 35 heavy (non-hydrogen) atoms. The number of hydrogen-bond donors (Lipinski definition) is 2. The van der Waals surface area contributed by atoms with E-state index in [2.05, 4.69) is 13.8 Å². The summed E-state index contributed by atoms with van der Waals surface area (Å²) in [5.74, 6) is -0.869. The Morgan fingerprint density at radius 1 is 1.14 bits per heavy atom. The zero-order chi connectivity index (χ0) is 25.9. The number of aromatic hydroxyl groups is 1. The molecule has 0 aliphatic carbocycles. The zero-order valence-corrected chi connectivity index (χ0v) is 21.2. The predicted octanol–water partition coefficient (Wildman–Crippen LogP) is 1.11. The van der Waals surface area contributed by atoms with E-state index in [4.69, 9.17) is 9.47 Å². The van der Waals surface area contributed by atoms with Crippen LogP contribution < -0.4 is 19.5 Å². The fraction of sp³-hybridized carbons (Fsp3) is 0.407. The quantitative estimate of drug-likeness (QED) is 0.315. The number of nitrogens with zero attached hydrogens (tertiary/aromatic N) is 1. The molecule has 1 saturated heterocycles. The maximum atomic E-state index is 13.7. The van der Waals surface area contributed by atoms with Crippen molar-refractivity contribution in [3.8, 4) is 17.2 Å². The van der Waals surface area contributed by atoms with E-state index < -0.39 is 23.5 Å². The monoisotopic (exact) mass is 482 g/mol. The van der Waals surface area contributed by atoms with Crippen LogP contribution in [0, 0.1) is 12.8 Å². The van der Waals surface area contributed by atoms with Gasteiger partial charge in [0.25, 0.3) is 5.91 Å². The molecular formula is C27H34N2O6. The van der Waals surface area contributed by atoms with Crippen molar-refractivity contribution in [2.24, 2.45) is 5.92 Å². The molecule has 8 nitrogen and oxygen atoms in total. The van der Waals surface area contributed by atoms with Gasteiger partial charge >= 0.3 is 0 Å². The molecule has 8 heteroatoms. The number of Topliss-reactive ketones (excluding diaryl/α,β-unsaturated/α-hetero) is 1. The van der Waals surface area contributed by atoms with Gasteiger partial charge in [-0.25, -0.2) is 0 Å². The molecule has 2 aromatic rings. The number of phenols is 1. The molecule has 2 N–H and O–H groups in total. The lowest BCUT2D eigenvalue weighted by molar-refractivity contribution is -0.857. The Balaban J connectivity index is 2.11. The number of benzene rings is 2. The number of quaternary nitrogens is 1. The van der Waals surface area contributed by atoms with Gasteiger partial charge in [0.2, 0.25) is 5.78 Å². The standard InChI is InChI=1S/C27H34N2O6/c1-16(2)15-35-21-10-8-19(13-17(21)3)25(31)23-24(18-7-9-20(30)22(14-18)34-6)29(12-11-28(4)5)27(33)26(23)32/h7-10,13-14,16,24,30-31H,11-12,15H2,1-6H3. The van der Waals surface area contributed by atoms with Gasteiger partial charge in [0.05, 0.1) is 46.9 Å². The van der Waals surface area contributed by atoms with Gasteiger partial charge in [0.15, 0.2) is 11.5 Å². The van der Waals surface area contributed by atoms with Gasteiger partial charge in [-0.05, 0) is 53.8 Å². The van der Waals surface area contributed by atoms with E-state index in [1.54, 1.807) is 30.3 Å². The number of hydrogen-bond acceptors (Lipinski definition) is 6. The Bertz CT molecular complexity index is 1140. The molecule has 1 heterocycles. The first-order valence-electron chi connectivity index (χ1n) is 11.7. The fourth-order valence-electron chi connectivity index (χ4n) is 4.02. The zero-order valence-electron chi connectivity index (χ0n) is 21.2. The van der Waals surface area contributed by atoms with Crippen LogP contribution in [-0.4, -0.2) is 62.6 Å². The molecule has 3 rings (SSSR count). The first-order valence-corrected chi connectivity index (χ1v) is 11.7.